The second-order valence-corrected chi connectivity index (χ2v) is 4.89. The molecular weight excluding hydrogens is 218 g/mol. The first-order chi connectivity index (χ1) is 8.16. The maximum Gasteiger partial charge on any atom is 0.372 e. The van der Waals surface area contributed by atoms with Gasteiger partial charge in [0.15, 0.2) is 0 Å². The molecule has 0 spiro atoms. The van der Waals surface area contributed by atoms with Gasteiger partial charge in [-0.25, -0.2) is 4.79 Å². The van der Waals surface area contributed by atoms with Crippen LogP contribution in [0.5, 0.6) is 0 Å². The van der Waals surface area contributed by atoms with Gasteiger partial charge in [-0.3, -0.25) is 4.90 Å². The predicted molar refractivity (Wildman–Crippen MR) is 64.0 cm³/mol. The van der Waals surface area contributed by atoms with Gasteiger partial charge in [0.25, 0.3) is 0 Å². The van der Waals surface area contributed by atoms with E-state index in [0.717, 1.165) is 24.6 Å². The molecule has 1 fully saturated rings. The zero-order chi connectivity index (χ0) is 12.3. The highest BCUT2D eigenvalue weighted by Gasteiger charge is 2.19. The van der Waals surface area contributed by atoms with E-state index in [1.165, 1.54) is 25.5 Å². The van der Waals surface area contributed by atoms with E-state index in [1.807, 2.05) is 0 Å². The van der Waals surface area contributed by atoms with E-state index in [4.69, 9.17) is 9.52 Å². The number of likely N-dealkylation sites (tertiary alicyclic amines) is 1. The molecule has 0 aromatic carbocycles. The van der Waals surface area contributed by atoms with E-state index in [0.29, 0.717) is 6.54 Å². The highest BCUT2D eigenvalue weighted by atomic mass is 16.4. The van der Waals surface area contributed by atoms with Crippen LogP contribution in [0.2, 0.25) is 0 Å². The number of carboxylic acids is 1. The van der Waals surface area contributed by atoms with Crippen LogP contribution < -0.4 is 0 Å². The van der Waals surface area contributed by atoms with Gasteiger partial charge in [0.1, 0.15) is 0 Å². The molecule has 1 N–H and O–H groups in total. The Kier molecular flexibility index (Phi) is 3.84. The Morgan fingerprint density at radius 1 is 1.53 bits per heavy atom. The molecule has 2 rings (SSSR count). The lowest BCUT2D eigenvalue weighted by Crippen LogP contribution is -2.24. The third kappa shape index (κ3) is 3.09. The molecule has 94 valence electrons. The quantitative estimate of drug-likeness (QED) is 0.878. The average molecular weight is 237 g/mol. The highest BCUT2D eigenvalue weighted by molar-refractivity contribution is 5.86. The Hall–Kier alpha value is -1.29. The summed E-state index contributed by atoms with van der Waals surface area (Å²) < 4.78 is 4.99. The number of carbonyl (C=O) groups is 1. The molecule has 4 nitrogen and oxygen atoms in total. The van der Waals surface area contributed by atoms with Crippen molar-refractivity contribution < 1.29 is 14.3 Å². The Labute approximate surface area is 101 Å². The van der Waals surface area contributed by atoms with Gasteiger partial charge in [-0.1, -0.05) is 6.92 Å². The molecule has 0 radical (unpaired) electrons. The summed E-state index contributed by atoms with van der Waals surface area (Å²) in [6.07, 6.45) is 5.12. The van der Waals surface area contributed by atoms with Gasteiger partial charge in [-0.15, -0.1) is 0 Å². The minimum absolute atomic E-state index is 0.0855. The fraction of sp³-hybridized carbons (Fsp3) is 0.615. The van der Waals surface area contributed by atoms with E-state index in [1.54, 1.807) is 6.07 Å². The molecule has 17 heavy (non-hydrogen) atoms. The lowest BCUT2D eigenvalue weighted by Gasteiger charge is -2.19. The third-order valence-electron chi connectivity index (χ3n) is 3.44. The summed E-state index contributed by atoms with van der Waals surface area (Å²) in [5, 5.41) is 8.97. The van der Waals surface area contributed by atoms with Crippen molar-refractivity contribution in [1.29, 1.82) is 0 Å². The molecule has 4 heteroatoms. The molecule has 1 aromatic rings. The number of hydrogen-bond donors (Lipinski definition) is 1. The molecule has 0 amide bonds. The molecule has 2 heterocycles. The SMILES string of the molecule is CC1CCCN(Cc2ccoc2C(=O)O)CC1. The van der Waals surface area contributed by atoms with E-state index in [-0.39, 0.29) is 5.76 Å². The van der Waals surface area contributed by atoms with Crippen molar-refractivity contribution in [2.24, 2.45) is 5.92 Å². The molecular formula is C13H19NO3. The molecule has 0 bridgehead atoms. The fourth-order valence-electron chi connectivity index (χ4n) is 2.37. The predicted octanol–water partition coefficient (Wildman–Crippen LogP) is 2.60. The molecule has 1 atom stereocenters. The summed E-state index contributed by atoms with van der Waals surface area (Å²) in [6.45, 7) is 5.06. The first kappa shape index (κ1) is 12.2. The van der Waals surface area contributed by atoms with Gasteiger partial charge in [-0.05, 0) is 44.3 Å². The van der Waals surface area contributed by atoms with Crippen molar-refractivity contribution in [2.75, 3.05) is 13.1 Å². The standard InChI is InChI=1S/C13H19NO3/c1-10-3-2-6-14(7-4-10)9-11-5-8-17-12(11)13(15)16/h5,8,10H,2-4,6-7,9H2,1H3,(H,15,16). The number of aromatic carboxylic acids is 1. The average Bonchev–Trinajstić information content (AvgIpc) is 2.64. The topological polar surface area (TPSA) is 53.7 Å². The summed E-state index contributed by atoms with van der Waals surface area (Å²) >= 11 is 0. The Bertz CT molecular complexity index is 386. The molecule has 1 aliphatic rings. The number of nitrogens with zero attached hydrogens (tertiary/aromatic N) is 1. The summed E-state index contributed by atoms with van der Waals surface area (Å²) in [4.78, 5) is 13.3. The van der Waals surface area contributed by atoms with Crippen LogP contribution in [0, 0.1) is 5.92 Å². The van der Waals surface area contributed by atoms with Crippen molar-refractivity contribution >= 4 is 5.97 Å². The summed E-state index contributed by atoms with van der Waals surface area (Å²) in [5.74, 6) is -0.112. The smallest absolute Gasteiger partial charge is 0.372 e. The zero-order valence-corrected chi connectivity index (χ0v) is 10.2. The monoisotopic (exact) mass is 237 g/mol. The third-order valence-corrected chi connectivity index (χ3v) is 3.44. The molecule has 1 saturated heterocycles. The van der Waals surface area contributed by atoms with Crippen LogP contribution in [0.3, 0.4) is 0 Å². The summed E-state index contributed by atoms with van der Waals surface area (Å²) in [6, 6.07) is 1.76. The van der Waals surface area contributed by atoms with Gasteiger partial charge >= 0.3 is 5.97 Å². The van der Waals surface area contributed by atoms with Gasteiger partial charge in [-0.2, -0.15) is 0 Å². The second kappa shape index (κ2) is 5.36. The zero-order valence-electron chi connectivity index (χ0n) is 10.2. The van der Waals surface area contributed by atoms with E-state index in [9.17, 15) is 4.79 Å². The van der Waals surface area contributed by atoms with Crippen molar-refractivity contribution in [3.63, 3.8) is 0 Å². The maximum atomic E-state index is 10.9. The normalized spacial score (nSPS) is 22.3. The van der Waals surface area contributed by atoms with Crippen molar-refractivity contribution in [3.05, 3.63) is 23.7 Å². The second-order valence-electron chi connectivity index (χ2n) is 4.89. The van der Waals surface area contributed by atoms with E-state index >= 15 is 0 Å². The minimum Gasteiger partial charge on any atom is -0.475 e. The van der Waals surface area contributed by atoms with Crippen LogP contribution in [0.15, 0.2) is 16.7 Å². The van der Waals surface area contributed by atoms with Crippen molar-refractivity contribution in [1.82, 2.24) is 4.90 Å². The minimum atomic E-state index is -0.979. The first-order valence-corrected chi connectivity index (χ1v) is 6.19. The van der Waals surface area contributed by atoms with Gasteiger partial charge in [0, 0.05) is 12.1 Å². The molecule has 0 saturated carbocycles. The van der Waals surface area contributed by atoms with Gasteiger partial charge in [0.05, 0.1) is 6.26 Å². The van der Waals surface area contributed by atoms with Gasteiger partial charge < -0.3 is 9.52 Å². The number of hydrogen-bond acceptors (Lipinski definition) is 3. The first-order valence-electron chi connectivity index (χ1n) is 6.19. The molecule has 0 aliphatic carbocycles. The molecule has 1 aromatic heterocycles. The lowest BCUT2D eigenvalue weighted by atomic mass is 10.0. The van der Waals surface area contributed by atoms with E-state index < -0.39 is 5.97 Å². The summed E-state index contributed by atoms with van der Waals surface area (Å²) in [5.41, 5.74) is 0.784. The van der Waals surface area contributed by atoms with Crippen LogP contribution in [0.25, 0.3) is 0 Å². The van der Waals surface area contributed by atoms with E-state index in [2.05, 4.69) is 11.8 Å². The van der Waals surface area contributed by atoms with Crippen LogP contribution in [-0.2, 0) is 6.54 Å². The van der Waals surface area contributed by atoms with Crippen LogP contribution >= 0.6 is 0 Å². The lowest BCUT2D eigenvalue weighted by molar-refractivity contribution is 0.0659. The molecule has 1 aliphatic heterocycles. The highest BCUT2D eigenvalue weighted by Crippen LogP contribution is 2.20. The molecule has 1 unspecified atom stereocenters. The van der Waals surface area contributed by atoms with Crippen LogP contribution in [0.4, 0.5) is 0 Å². The Morgan fingerprint density at radius 2 is 2.35 bits per heavy atom. The van der Waals surface area contributed by atoms with Crippen LogP contribution in [-0.4, -0.2) is 29.1 Å². The maximum absolute atomic E-state index is 10.9. The van der Waals surface area contributed by atoms with Crippen LogP contribution in [0.1, 0.15) is 42.3 Å². The Balaban J connectivity index is 2.00. The van der Waals surface area contributed by atoms with Gasteiger partial charge in [0.2, 0.25) is 5.76 Å². The Morgan fingerprint density at radius 3 is 3.12 bits per heavy atom. The number of carboxylic acid groups (broad SMARTS) is 1. The largest absolute Gasteiger partial charge is 0.475 e. The number of rotatable bonds is 3. The number of furan rings is 1. The fourth-order valence-corrected chi connectivity index (χ4v) is 2.37. The summed E-state index contributed by atoms with van der Waals surface area (Å²) in [7, 11) is 0. The van der Waals surface area contributed by atoms with Crippen molar-refractivity contribution in [2.45, 2.75) is 32.7 Å². The van der Waals surface area contributed by atoms with Crippen molar-refractivity contribution in [3.8, 4) is 0 Å².